The van der Waals surface area contributed by atoms with Crippen LogP contribution in [-0.4, -0.2) is 67.6 Å². The van der Waals surface area contributed by atoms with Gasteiger partial charge in [-0.05, 0) is 37.0 Å². The minimum atomic E-state index is -0.368. The van der Waals surface area contributed by atoms with E-state index in [0.29, 0.717) is 13.1 Å². The quantitative estimate of drug-likeness (QED) is 0.686. The molecule has 3 heterocycles. The molecule has 0 bridgehead atoms. The second kappa shape index (κ2) is 8.22. The minimum Gasteiger partial charge on any atom is -0.442 e. The van der Waals surface area contributed by atoms with Crippen LogP contribution in [0.5, 0.6) is 0 Å². The number of amides is 2. The summed E-state index contributed by atoms with van der Waals surface area (Å²) in [7, 11) is 0. The molecule has 1 aliphatic carbocycles. The predicted octanol–water partition coefficient (Wildman–Crippen LogP) is 1.44. The Morgan fingerprint density at radius 3 is 2.94 bits per heavy atom. The molecule has 2 saturated heterocycles. The van der Waals surface area contributed by atoms with Gasteiger partial charge in [-0.1, -0.05) is 6.07 Å². The number of nitrogens with zero attached hydrogens (tertiary/aromatic N) is 3. The summed E-state index contributed by atoms with van der Waals surface area (Å²) in [4.78, 5) is 27.6. The van der Waals surface area contributed by atoms with Crippen LogP contribution in [0.3, 0.4) is 0 Å². The van der Waals surface area contributed by atoms with Crippen LogP contribution in [0.25, 0.3) is 11.3 Å². The Morgan fingerprint density at radius 2 is 2.13 bits per heavy atom. The molecule has 0 radical (unpaired) electrons. The lowest BCUT2D eigenvalue weighted by Gasteiger charge is -2.28. The number of hydrogen-bond acceptors (Lipinski definition) is 6. The van der Waals surface area contributed by atoms with Crippen molar-refractivity contribution in [2.24, 2.45) is 0 Å². The van der Waals surface area contributed by atoms with Gasteiger partial charge in [0.2, 0.25) is 5.91 Å². The molecule has 1 atom stereocenters. The lowest BCUT2D eigenvalue weighted by Crippen LogP contribution is -2.44. The molecule has 9 nitrogen and oxygen atoms in total. The van der Waals surface area contributed by atoms with Crippen LogP contribution in [0.4, 0.5) is 16.3 Å². The molecule has 5 rings (SSSR count). The zero-order valence-electron chi connectivity index (χ0n) is 17.7. The van der Waals surface area contributed by atoms with Gasteiger partial charge in [-0.2, -0.15) is 5.10 Å². The first kappa shape index (κ1) is 19.9. The number of H-pyrrole nitrogens is 1. The van der Waals surface area contributed by atoms with Gasteiger partial charge in [0.25, 0.3) is 0 Å². The Morgan fingerprint density at radius 1 is 1.29 bits per heavy atom. The first-order valence-electron chi connectivity index (χ1n) is 11.0. The van der Waals surface area contributed by atoms with E-state index in [9.17, 15) is 9.59 Å². The lowest BCUT2D eigenvalue weighted by atomic mass is 10.0. The van der Waals surface area contributed by atoms with E-state index in [4.69, 9.17) is 4.74 Å². The van der Waals surface area contributed by atoms with Gasteiger partial charge >= 0.3 is 6.09 Å². The van der Waals surface area contributed by atoms with Gasteiger partial charge in [0, 0.05) is 49.9 Å². The fraction of sp³-hybridized carbons (Fsp3) is 0.500. The number of carbonyl (C=O) groups excluding carboxylic acids is 2. The Balaban J connectivity index is 1.39. The summed E-state index contributed by atoms with van der Waals surface area (Å²) in [5, 5.41) is 14.1. The van der Waals surface area contributed by atoms with Crippen molar-refractivity contribution in [2.75, 3.05) is 49.1 Å². The van der Waals surface area contributed by atoms with Crippen LogP contribution in [0, 0.1) is 0 Å². The van der Waals surface area contributed by atoms with Gasteiger partial charge in [-0.15, -0.1) is 0 Å². The van der Waals surface area contributed by atoms with E-state index in [0.717, 1.165) is 68.2 Å². The van der Waals surface area contributed by atoms with E-state index < -0.39 is 0 Å². The van der Waals surface area contributed by atoms with Crippen molar-refractivity contribution in [3.63, 3.8) is 0 Å². The average Bonchev–Trinajstić information content (AvgIpc) is 3.31. The number of nitrogens with one attached hydrogen (secondary N) is 3. The van der Waals surface area contributed by atoms with Crippen LogP contribution in [-0.2, 0) is 22.4 Å². The summed E-state index contributed by atoms with van der Waals surface area (Å²) >= 11 is 0. The van der Waals surface area contributed by atoms with E-state index in [-0.39, 0.29) is 18.1 Å². The molecule has 1 unspecified atom stereocenters. The molecule has 1 aromatic heterocycles. The molecular formula is C22H28N6O3. The number of aryl methyl sites for hydroxylation is 1. The van der Waals surface area contributed by atoms with Gasteiger partial charge in [0.05, 0.1) is 18.8 Å². The summed E-state index contributed by atoms with van der Waals surface area (Å²) in [6.07, 6.45) is 2.27. The number of fused-ring (bicyclic) bond motifs is 3. The summed E-state index contributed by atoms with van der Waals surface area (Å²) < 4.78 is 5.42. The maximum atomic E-state index is 12.4. The van der Waals surface area contributed by atoms with Crippen LogP contribution < -0.4 is 20.4 Å². The molecule has 164 valence electrons. The maximum absolute atomic E-state index is 12.4. The third kappa shape index (κ3) is 3.85. The number of hydrogen-bond donors (Lipinski definition) is 3. The summed E-state index contributed by atoms with van der Waals surface area (Å²) in [6, 6.07) is 6.15. The molecular weight excluding hydrogens is 396 g/mol. The van der Waals surface area contributed by atoms with Crippen LogP contribution in [0.2, 0.25) is 0 Å². The second-order valence-electron chi connectivity index (χ2n) is 8.39. The minimum absolute atomic E-state index is 0.130. The normalized spacial score (nSPS) is 20.7. The zero-order chi connectivity index (χ0) is 21.4. The Kier molecular flexibility index (Phi) is 5.27. The number of benzene rings is 1. The topological polar surface area (TPSA) is 103 Å². The van der Waals surface area contributed by atoms with E-state index in [2.05, 4.69) is 37.9 Å². The highest BCUT2D eigenvalue weighted by Crippen LogP contribution is 2.38. The van der Waals surface area contributed by atoms with Gasteiger partial charge in [-0.25, -0.2) is 4.79 Å². The van der Waals surface area contributed by atoms with Crippen LogP contribution >= 0.6 is 0 Å². The molecule has 3 N–H and O–H groups in total. The SMILES string of the molecule is CC(=O)NCC1CN(c2ccc3c(c2)CCCc2c(N4CCNCC4)n[nH]c2-3)C(=O)O1. The van der Waals surface area contributed by atoms with Crippen molar-refractivity contribution in [2.45, 2.75) is 32.3 Å². The third-order valence-corrected chi connectivity index (χ3v) is 6.26. The fourth-order valence-corrected chi connectivity index (χ4v) is 4.70. The Labute approximate surface area is 181 Å². The smallest absolute Gasteiger partial charge is 0.414 e. The molecule has 2 amide bonds. The van der Waals surface area contributed by atoms with E-state index in [1.807, 2.05) is 6.07 Å². The molecule has 1 aromatic carbocycles. The lowest BCUT2D eigenvalue weighted by molar-refractivity contribution is -0.119. The van der Waals surface area contributed by atoms with Gasteiger partial charge in [0.1, 0.15) is 6.10 Å². The molecule has 2 fully saturated rings. The third-order valence-electron chi connectivity index (χ3n) is 6.26. The standard InChI is InChI=1S/C22H28N6O3/c1-14(29)24-12-17-13-28(22(30)31-17)16-5-6-18-15(11-16)3-2-4-19-20(18)25-26-21(19)27-9-7-23-8-10-27/h5-6,11,17,23H,2-4,7-10,12-13H2,1H3,(H,24,29)(H,25,26). The average molecular weight is 425 g/mol. The molecule has 0 saturated carbocycles. The van der Waals surface area contributed by atoms with Crippen molar-refractivity contribution < 1.29 is 14.3 Å². The zero-order valence-corrected chi connectivity index (χ0v) is 17.7. The van der Waals surface area contributed by atoms with E-state index in [1.165, 1.54) is 18.1 Å². The van der Waals surface area contributed by atoms with Gasteiger partial charge in [0.15, 0.2) is 5.82 Å². The second-order valence-corrected chi connectivity index (χ2v) is 8.39. The molecule has 2 aliphatic heterocycles. The number of piperazine rings is 1. The first-order chi connectivity index (χ1) is 15.1. The highest BCUT2D eigenvalue weighted by Gasteiger charge is 2.33. The Hall–Kier alpha value is -3.07. The largest absolute Gasteiger partial charge is 0.442 e. The molecule has 0 spiro atoms. The van der Waals surface area contributed by atoms with E-state index in [1.54, 1.807) is 4.90 Å². The van der Waals surface area contributed by atoms with Crippen molar-refractivity contribution in [3.8, 4) is 11.3 Å². The fourth-order valence-electron chi connectivity index (χ4n) is 4.70. The van der Waals surface area contributed by atoms with Crippen LogP contribution in [0.15, 0.2) is 18.2 Å². The summed E-state index contributed by atoms with van der Waals surface area (Å²) in [5.41, 5.74) is 5.60. The number of aromatic amines is 1. The highest BCUT2D eigenvalue weighted by molar-refractivity contribution is 5.90. The van der Waals surface area contributed by atoms with Crippen molar-refractivity contribution in [1.29, 1.82) is 0 Å². The van der Waals surface area contributed by atoms with Crippen molar-refractivity contribution in [3.05, 3.63) is 29.3 Å². The monoisotopic (exact) mass is 424 g/mol. The summed E-state index contributed by atoms with van der Waals surface area (Å²) in [5.74, 6) is 0.951. The number of carbonyl (C=O) groups is 2. The molecule has 9 heteroatoms. The molecule has 2 aromatic rings. The predicted molar refractivity (Wildman–Crippen MR) is 117 cm³/mol. The first-order valence-corrected chi connectivity index (χ1v) is 11.0. The number of cyclic esters (lactones) is 1. The maximum Gasteiger partial charge on any atom is 0.414 e. The van der Waals surface area contributed by atoms with Crippen molar-refractivity contribution >= 4 is 23.5 Å². The molecule has 31 heavy (non-hydrogen) atoms. The number of anilines is 2. The summed E-state index contributed by atoms with van der Waals surface area (Å²) in [6.45, 7) is 6.12. The number of rotatable bonds is 4. The molecule has 3 aliphatic rings. The Bertz CT molecular complexity index is 997. The van der Waals surface area contributed by atoms with Crippen LogP contribution in [0.1, 0.15) is 24.5 Å². The van der Waals surface area contributed by atoms with Gasteiger partial charge < -0.3 is 20.3 Å². The van der Waals surface area contributed by atoms with E-state index >= 15 is 0 Å². The highest BCUT2D eigenvalue weighted by atomic mass is 16.6. The number of ether oxygens (including phenoxy) is 1. The van der Waals surface area contributed by atoms with Gasteiger partial charge in [-0.3, -0.25) is 14.8 Å². The van der Waals surface area contributed by atoms with Crippen molar-refractivity contribution in [1.82, 2.24) is 20.8 Å². The number of aromatic nitrogens is 2.